The predicted octanol–water partition coefficient (Wildman–Crippen LogP) is 0.0856. The third kappa shape index (κ3) is 3.31. The molecule has 0 spiro atoms. The van der Waals surface area contributed by atoms with Crippen molar-refractivity contribution in [2.24, 2.45) is 0 Å². The number of hydrogen-bond donors (Lipinski definition) is 3. The highest BCUT2D eigenvalue weighted by atomic mass is 35.5. The number of nitrogens with one attached hydrogen (secondary N) is 2. The molecule has 100 valence electrons. The standard InChI is InChI=1S/C9H11ClFN3O3S/c1-13-9(15)4-14-18(16,17)8-3-7(12)6(11)2-5(8)10/h2-3,14H,4,12H2,1H3,(H,13,15). The Morgan fingerprint density at radius 3 is 2.67 bits per heavy atom. The minimum absolute atomic E-state index is 0.314. The number of likely N-dealkylation sites (N-methyl/N-ethyl adjacent to an activating group) is 1. The van der Waals surface area contributed by atoms with Gasteiger partial charge in [-0.2, -0.15) is 0 Å². The molecule has 1 aromatic rings. The van der Waals surface area contributed by atoms with Gasteiger partial charge >= 0.3 is 0 Å². The summed E-state index contributed by atoms with van der Waals surface area (Å²) in [6.07, 6.45) is 0. The van der Waals surface area contributed by atoms with E-state index in [0.717, 1.165) is 12.1 Å². The van der Waals surface area contributed by atoms with Crippen LogP contribution in [0.3, 0.4) is 0 Å². The Morgan fingerprint density at radius 1 is 1.50 bits per heavy atom. The van der Waals surface area contributed by atoms with Crippen LogP contribution < -0.4 is 15.8 Å². The van der Waals surface area contributed by atoms with Crippen molar-refractivity contribution >= 4 is 33.2 Å². The molecular formula is C9H11ClFN3O3S. The second-order valence-electron chi connectivity index (χ2n) is 3.30. The second kappa shape index (κ2) is 5.51. The second-order valence-corrected chi connectivity index (χ2v) is 5.44. The van der Waals surface area contributed by atoms with Gasteiger partial charge in [0.25, 0.3) is 0 Å². The van der Waals surface area contributed by atoms with Crippen LogP contribution in [0.2, 0.25) is 5.02 Å². The van der Waals surface area contributed by atoms with Crippen molar-refractivity contribution in [3.05, 3.63) is 23.0 Å². The SMILES string of the molecule is CNC(=O)CNS(=O)(=O)c1cc(N)c(F)cc1Cl. The summed E-state index contributed by atoms with van der Waals surface area (Å²) in [5.74, 6) is -1.34. The molecule has 0 bridgehead atoms. The summed E-state index contributed by atoms with van der Waals surface area (Å²) in [7, 11) is -2.66. The Morgan fingerprint density at radius 2 is 2.11 bits per heavy atom. The highest BCUT2D eigenvalue weighted by Crippen LogP contribution is 2.25. The summed E-state index contributed by atoms with van der Waals surface area (Å²) in [6.45, 7) is -0.452. The minimum atomic E-state index is -4.02. The van der Waals surface area contributed by atoms with E-state index < -0.39 is 28.3 Å². The number of carbonyl (C=O) groups excluding carboxylic acids is 1. The van der Waals surface area contributed by atoms with Gasteiger partial charge in [-0.15, -0.1) is 0 Å². The average Bonchev–Trinajstić information content (AvgIpc) is 2.30. The average molecular weight is 296 g/mol. The fraction of sp³-hybridized carbons (Fsp3) is 0.222. The van der Waals surface area contributed by atoms with Gasteiger partial charge in [0.2, 0.25) is 15.9 Å². The van der Waals surface area contributed by atoms with Crippen molar-refractivity contribution in [3.8, 4) is 0 Å². The van der Waals surface area contributed by atoms with Crippen LogP contribution >= 0.6 is 11.6 Å². The number of benzene rings is 1. The van der Waals surface area contributed by atoms with Crippen LogP contribution in [-0.2, 0) is 14.8 Å². The first-order chi connectivity index (χ1) is 8.27. The number of carbonyl (C=O) groups is 1. The molecule has 0 saturated carbocycles. The molecule has 0 aliphatic carbocycles. The molecule has 0 aliphatic heterocycles. The van der Waals surface area contributed by atoms with Crippen LogP contribution in [-0.4, -0.2) is 27.9 Å². The van der Waals surface area contributed by atoms with E-state index in [4.69, 9.17) is 17.3 Å². The molecule has 0 atom stereocenters. The van der Waals surface area contributed by atoms with Crippen LogP contribution in [0.25, 0.3) is 0 Å². The first kappa shape index (κ1) is 14.7. The Balaban J connectivity index is 3.06. The van der Waals surface area contributed by atoms with Crippen molar-refractivity contribution in [1.82, 2.24) is 10.0 Å². The fourth-order valence-corrected chi connectivity index (χ4v) is 2.61. The third-order valence-electron chi connectivity index (χ3n) is 2.04. The van der Waals surface area contributed by atoms with Crippen LogP contribution in [0.4, 0.5) is 10.1 Å². The van der Waals surface area contributed by atoms with E-state index in [1.54, 1.807) is 0 Å². The molecule has 0 aliphatic rings. The maximum atomic E-state index is 13.0. The molecular weight excluding hydrogens is 285 g/mol. The van der Waals surface area contributed by atoms with Gasteiger partial charge in [0.1, 0.15) is 10.7 Å². The van der Waals surface area contributed by atoms with Gasteiger partial charge in [0.15, 0.2) is 0 Å². The lowest BCUT2D eigenvalue weighted by Gasteiger charge is -2.09. The number of sulfonamides is 1. The molecule has 1 amide bonds. The van der Waals surface area contributed by atoms with Gasteiger partial charge in [0.05, 0.1) is 17.3 Å². The molecule has 0 saturated heterocycles. The lowest BCUT2D eigenvalue weighted by Crippen LogP contribution is -2.35. The normalized spacial score (nSPS) is 11.3. The summed E-state index contributed by atoms with van der Waals surface area (Å²) in [4.78, 5) is 10.6. The predicted molar refractivity (Wildman–Crippen MR) is 65.1 cm³/mol. The third-order valence-corrected chi connectivity index (χ3v) is 3.91. The number of hydrogen-bond acceptors (Lipinski definition) is 4. The quantitative estimate of drug-likeness (QED) is 0.685. The monoisotopic (exact) mass is 295 g/mol. The fourth-order valence-electron chi connectivity index (χ4n) is 1.08. The first-order valence-corrected chi connectivity index (χ1v) is 6.59. The summed E-state index contributed by atoms with van der Waals surface area (Å²) in [6, 6.07) is 1.69. The number of halogens is 2. The number of rotatable bonds is 4. The van der Waals surface area contributed by atoms with Crippen LogP contribution in [0, 0.1) is 5.82 Å². The van der Waals surface area contributed by atoms with Crippen molar-refractivity contribution in [1.29, 1.82) is 0 Å². The van der Waals surface area contributed by atoms with Crippen molar-refractivity contribution in [2.75, 3.05) is 19.3 Å². The van der Waals surface area contributed by atoms with Gasteiger partial charge in [-0.1, -0.05) is 11.6 Å². The first-order valence-electron chi connectivity index (χ1n) is 4.72. The van der Waals surface area contributed by atoms with E-state index in [-0.39, 0.29) is 15.6 Å². The molecule has 0 unspecified atom stereocenters. The van der Waals surface area contributed by atoms with E-state index >= 15 is 0 Å². The van der Waals surface area contributed by atoms with E-state index in [9.17, 15) is 17.6 Å². The van der Waals surface area contributed by atoms with Crippen LogP contribution in [0.1, 0.15) is 0 Å². The summed E-state index contributed by atoms with van der Waals surface area (Å²) >= 11 is 5.62. The molecule has 0 heterocycles. The van der Waals surface area contributed by atoms with Gasteiger partial charge in [-0.3, -0.25) is 4.79 Å². The van der Waals surface area contributed by atoms with E-state index in [2.05, 4.69) is 5.32 Å². The topological polar surface area (TPSA) is 101 Å². The van der Waals surface area contributed by atoms with Gasteiger partial charge in [0, 0.05) is 7.05 Å². The molecule has 0 fully saturated rings. The van der Waals surface area contributed by atoms with Crippen molar-refractivity contribution in [3.63, 3.8) is 0 Å². The summed E-state index contributed by atoms with van der Waals surface area (Å²) in [5.41, 5.74) is 4.92. The molecule has 6 nitrogen and oxygen atoms in total. The highest BCUT2D eigenvalue weighted by molar-refractivity contribution is 7.89. The van der Waals surface area contributed by atoms with Gasteiger partial charge in [-0.05, 0) is 12.1 Å². The van der Waals surface area contributed by atoms with E-state index in [0.29, 0.717) is 0 Å². The highest BCUT2D eigenvalue weighted by Gasteiger charge is 2.20. The molecule has 9 heteroatoms. The smallest absolute Gasteiger partial charge is 0.242 e. The number of nitrogen functional groups attached to an aromatic ring is 1. The lowest BCUT2D eigenvalue weighted by molar-refractivity contribution is -0.119. The molecule has 1 aromatic carbocycles. The summed E-state index contributed by atoms with van der Waals surface area (Å²) < 4.78 is 38.6. The van der Waals surface area contributed by atoms with E-state index in [1.807, 2.05) is 4.72 Å². The molecule has 0 aromatic heterocycles. The molecule has 18 heavy (non-hydrogen) atoms. The molecule has 1 rings (SSSR count). The number of anilines is 1. The van der Waals surface area contributed by atoms with E-state index in [1.165, 1.54) is 7.05 Å². The maximum Gasteiger partial charge on any atom is 0.242 e. The largest absolute Gasteiger partial charge is 0.396 e. The Kier molecular flexibility index (Phi) is 4.49. The summed E-state index contributed by atoms with van der Waals surface area (Å²) in [5, 5.41) is 1.93. The maximum absolute atomic E-state index is 13.0. The Bertz CT molecular complexity index is 577. The number of amides is 1. The van der Waals surface area contributed by atoms with Crippen LogP contribution in [0.15, 0.2) is 17.0 Å². The minimum Gasteiger partial charge on any atom is -0.396 e. The van der Waals surface area contributed by atoms with Crippen LogP contribution in [0.5, 0.6) is 0 Å². The molecule has 0 radical (unpaired) electrons. The Hall–Kier alpha value is -1.38. The van der Waals surface area contributed by atoms with Crippen molar-refractivity contribution < 1.29 is 17.6 Å². The lowest BCUT2D eigenvalue weighted by atomic mass is 10.3. The Labute approximate surface area is 108 Å². The molecule has 4 N–H and O–H groups in total. The van der Waals surface area contributed by atoms with Gasteiger partial charge in [-0.25, -0.2) is 17.5 Å². The van der Waals surface area contributed by atoms with Gasteiger partial charge < -0.3 is 11.1 Å². The zero-order valence-electron chi connectivity index (χ0n) is 9.33. The van der Waals surface area contributed by atoms with Crippen molar-refractivity contribution in [2.45, 2.75) is 4.90 Å². The zero-order chi connectivity index (χ0) is 13.9. The number of nitrogens with two attached hydrogens (primary N) is 1. The zero-order valence-corrected chi connectivity index (χ0v) is 10.9.